The van der Waals surface area contributed by atoms with Crippen molar-refractivity contribution in [2.75, 3.05) is 12.9 Å². The number of ether oxygens (including phenoxy) is 1. The summed E-state index contributed by atoms with van der Waals surface area (Å²) in [4.78, 5) is 0. The van der Waals surface area contributed by atoms with Gasteiger partial charge in [-0.05, 0) is 50.1 Å². The molecule has 3 aromatic rings. The van der Waals surface area contributed by atoms with Crippen LogP contribution < -0.4 is 4.74 Å². The minimum Gasteiger partial charge on any atom is -0.497 e. The first-order valence-corrected chi connectivity index (χ1v) is 9.91. The molecule has 5 nitrogen and oxygen atoms in total. The Kier molecular flexibility index (Phi) is 6.19. The van der Waals surface area contributed by atoms with E-state index < -0.39 is 5.60 Å². The SMILES string of the molecule is COc1ccc(-c2nnc(SCC(C)(C)O)n2CCc2ccccc2)cc1. The zero-order chi connectivity index (χ0) is 19.3. The number of rotatable bonds is 8. The molecule has 0 spiro atoms. The van der Waals surface area contributed by atoms with E-state index in [1.165, 1.54) is 17.3 Å². The van der Waals surface area contributed by atoms with Gasteiger partial charge in [-0.2, -0.15) is 0 Å². The lowest BCUT2D eigenvalue weighted by molar-refractivity contribution is 0.107. The van der Waals surface area contributed by atoms with Crippen LogP contribution in [-0.2, 0) is 13.0 Å². The first-order valence-electron chi connectivity index (χ1n) is 8.93. The Bertz CT molecular complexity index is 855. The zero-order valence-electron chi connectivity index (χ0n) is 15.9. The molecule has 3 rings (SSSR count). The minimum atomic E-state index is -0.763. The fraction of sp³-hybridized carbons (Fsp3) is 0.333. The molecule has 0 aliphatic rings. The van der Waals surface area contributed by atoms with Gasteiger partial charge in [0.1, 0.15) is 5.75 Å². The van der Waals surface area contributed by atoms with Crippen LogP contribution in [0.4, 0.5) is 0 Å². The quantitative estimate of drug-likeness (QED) is 0.595. The van der Waals surface area contributed by atoms with Gasteiger partial charge in [-0.1, -0.05) is 42.1 Å². The van der Waals surface area contributed by atoms with Crippen LogP contribution in [0.15, 0.2) is 59.8 Å². The van der Waals surface area contributed by atoms with Gasteiger partial charge < -0.3 is 14.4 Å². The third kappa shape index (κ3) is 5.34. The van der Waals surface area contributed by atoms with Crippen LogP contribution in [0.25, 0.3) is 11.4 Å². The van der Waals surface area contributed by atoms with Crippen molar-refractivity contribution < 1.29 is 9.84 Å². The number of aryl methyl sites for hydroxylation is 1. The van der Waals surface area contributed by atoms with E-state index in [9.17, 15) is 5.11 Å². The van der Waals surface area contributed by atoms with Crippen molar-refractivity contribution in [3.05, 3.63) is 60.2 Å². The monoisotopic (exact) mass is 383 g/mol. The van der Waals surface area contributed by atoms with Gasteiger partial charge in [-0.25, -0.2) is 0 Å². The highest BCUT2D eigenvalue weighted by molar-refractivity contribution is 7.99. The van der Waals surface area contributed by atoms with Gasteiger partial charge in [0, 0.05) is 17.9 Å². The molecule has 1 aromatic heterocycles. The Morgan fingerprint density at radius 3 is 2.37 bits per heavy atom. The number of aliphatic hydroxyl groups is 1. The molecular weight excluding hydrogens is 358 g/mol. The molecule has 0 amide bonds. The third-order valence-corrected chi connectivity index (χ3v) is 5.50. The van der Waals surface area contributed by atoms with Crippen molar-refractivity contribution in [2.24, 2.45) is 0 Å². The topological polar surface area (TPSA) is 60.2 Å². The molecule has 0 bridgehead atoms. The predicted octanol–water partition coefficient (Wildman–Crippen LogP) is 4.06. The number of nitrogens with zero attached hydrogens (tertiary/aromatic N) is 3. The predicted molar refractivity (Wildman–Crippen MR) is 109 cm³/mol. The standard InChI is InChI=1S/C21H25N3O2S/c1-21(2,25)15-27-20-23-22-19(17-9-11-18(26-3)12-10-17)24(20)14-13-16-7-5-4-6-8-16/h4-12,25H,13-15H2,1-3H3. The fourth-order valence-corrected chi connectivity index (χ4v) is 3.59. The second kappa shape index (κ2) is 8.59. The number of methoxy groups -OCH3 is 1. The summed E-state index contributed by atoms with van der Waals surface area (Å²) >= 11 is 1.53. The summed E-state index contributed by atoms with van der Waals surface area (Å²) in [5.74, 6) is 2.19. The van der Waals surface area contributed by atoms with E-state index >= 15 is 0 Å². The summed E-state index contributed by atoms with van der Waals surface area (Å²) in [7, 11) is 1.66. The van der Waals surface area contributed by atoms with Crippen LogP contribution in [0.1, 0.15) is 19.4 Å². The molecule has 1 N–H and O–H groups in total. The Labute approximate surface area is 164 Å². The number of aromatic nitrogens is 3. The van der Waals surface area contributed by atoms with Gasteiger partial charge in [-0.15, -0.1) is 10.2 Å². The summed E-state index contributed by atoms with van der Waals surface area (Å²) in [6.07, 6.45) is 0.887. The lowest BCUT2D eigenvalue weighted by atomic mass is 10.1. The highest BCUT2D eigenvalue weighted by atomic mass is 32.2. The van der Waals surface area contributed by atoms with E-state index in [1.807, 2.05) is 30.3 Å². The largest absolute Gasteiger partial charge is 0.497 e. The Morgan fingerprint density at radius 1 is 1.04 bits per heavy atom. The van der Waals surface area contributed by atoms with Gasteiger partial charge in [0.2, 0.25) is 0 Å². The Hall–Kier alpha value is -2.31. The molecule has 0 fully saturated rings. The third-order valence-electron chi connectivity index (χ3n) is 4.09. The first kappa shape index (κ1) is 19.5. The number of thioether (sulfide) groups is 1. The molecule has 142 valence electrons. The molecule has 0 saturated carbocycles. The number of hydrogen-bond donors (Lipinski definition) is 1. The Morgan fingerprint density at radius 2 is 1.74 bits per heavy atom. The first-order chi connectivity index (χ1) is 13.0. The van der Waals surface area contributed by atoms with Crippen molar-refractivity contribution in [3.63, 3.8) is 0 Å². The van der Waals surface area contributed by atoms with Gasteiger partial charge >= 0.3 is 0 Å². The molecule has 2 aromatic carbocycles. The lowest BCUT2D eigenvalue weighted by Crippen LogP contribution is -2.22. The molecule has 0 atom stereocenters. The van der Waals surface area contributed by atoms with Gasteiger partial charge in [0.25, 0.3) is 0 Å². The van der Waals surface area contributed by atoms with Gasteiger partial charge in [-0.3, -0.25) is 0 Å². The molecule has 0 saturated heterocycles. The van der Waals surface area contributed by atoms with Gasteiger partial charge in [0.05, 0.1) is 12.7 Å². The molecule has 0 aliphatic heterocycles. The van der Waals surface area contributed by atoms with E-state index in [2.05, 4.69) is 39.0 Å². The molecular formula is C21H25N3O2S. The molecule has 1 heterocycles. The van der Waals surface area contributed by atoms with Crippen molar-refractivity contribution in [3.8, 4) is 17.1 Å². The minimum absolute atomic E-state index is 0.555. The maximum Gasteiger partial charge on any atom is 0.191 e. The maximum atomic E-state index is 10.1. The van der Waals surface area contributed by atoms with Crippen molar-refractivity contribution in [1.82, 2.24) is 14.8 Å². The van der Waals surface area contributed by atoms with Crippen molar-refractivity contribution in [1.29, 1.82) is 0 Å². The average Bonchev–Trinajstić information content (AvgIpc) is 3.08. The molecule has 0 unspecified atom stereocenters. The van der Waals surface area contributed by atoms with E-state index in [0.717, 1.165) is 35.3 Å². The number of hydrogen-bond acceptors (Lipinski definition) is 5. The lowest BCUT2D eigenvalue weighted by Gasteiger charge is -2.16. The summed E-state index contributed by atoms with van der Waals surface area (Å²) in [6, 6.07) is 18.2. The van der Waals surface area contributed by atoms with E-state index in [4.69, 9.17) is 4.74 Å². The summed E-state index contributed by atoms with van der Waals surface area (Å²) in [5.41, 5.74) is 1.50. The summed E-state index contributed by atoms with van der Waals surface area (Å²) in [5, 5.41) is 19.7. The normalized spacial score (nSPS) is 11.6. The summed E-state index contributed by atoms with van der Waals surface area (Å²) in [6.45, 7) is 4.37. The Balaban J connectivity index is 1.88. The van der Waals surface area contributed by atoms with Gasteiger partial charge in [0.15, 0.2) is 11.0 Å². The molecule has 27 heavy (non-hydrogen) atoms. The summed E-state index contributed by atoms with van der Waals surface area (Å²) < 4.78 is 7.38. The zero-order valence-corrected chi connectivity index (χ0v) is 16.7. The van der Waals surface area contributed by atoms with E-state index in [1.54, 1.807) is 21.0 Å². The highest BCUT2D eigenvalue weighted by Crippen LogP contribution is 2.27. The molecule has 0 radical (unpaired) electrons. The van der Waals surface area contributed by atoms with E-state index in [-0.39, 0.29) is 0 Å². The molecule has 6 heteroatoms. The van der Waals surface area contributed by atoms with Crippen LogP contribution in [-0.4, -0.2) is 38.3 Å². The van der Waals surface area contributed by atoms with Crippen LogP contribution in [0, 0.1) is 0 Å². The fourth-order valence-electron chi connectivity index (χ4n) is 2.68. The average molecular weight is 384 g/mol. The second-order valence-corrected chi connectivity index (χ2v) is 7.97. The smallest absolute Gasteiger partial charge is 0.191 e. The van der Waals surface area contributed by atoms with Crippen molar-refractivity contribution in [2.45, 2.75) is 37.6 Å². The second-order valence-electron chi connectivity index (χ2n) is 7.02. The number of benzene rings is 2. The highest BCUT2D eigenvalue weighted by Gasteiger charge is 2.19. The van der Waals surface area contributed by atoms with E-state index in [0.29, 0.717) is 5.75 Å². The maximum absolute atomic E-state index is 10.1. The van der Waals surface area contributed by atoms with Crippen LogP contribution in [0.2, 0.25) is 0 Å². The van der Waals surface area contributed by atoms with Crippen molar-refractivity contribution >= 4 is 11.8 Å². The van der Waals surface area contributed by atoms with Crippen LogP contribution in [0.5, 0.6) is 5.75 Å². The van der Waals surface area contributed by atoms with Crippen LogP contribution >= 0.6 is 11.8 Å². The molecule has 0 aliphatic carbocycles. The van der Waals surface area contributed by atoms with Crippen LogP contribution in [0.3, 0.4) is 0 Å².